The van der Waals surface area contributed by atoms with Crippen molar-refractivity contribution in [2.75, 3.05) is 26.2 Å². The second kappa shape index (κ2) is 7.40. The van der Waals surface area contributed by atoms with Crippen molar-refractivity contribution in [2.24, 2.45) is 0 Å². The zero-order valence-electron chi connectivity index (χ0n) is 13.6. The number of piperazine rings is 1. The smallest absolute Gasteiger partial charge is 0.282 e. The molecule has 1 aliphatic rings. The van der Waals surface area contributed by atoms with Crippen LogP contribution in [-0.2, 0) is 6.54 Å². The number of carbonyl (C=O) groups is 1. The number of nitro benzene ring substituents is 1. The third-order valence-electron chi connectivity index (χ3n) is 4.34. The second-order valence-corrected chi connectivity index (χ2v) is 5.93. The van der Waals surface area contributed by atoms with Gasteiger partial charge < -0.3 is 4.90 Å². The van der Waals surface area contributed by atoms with Gasteiger partial charge in [-0.2, -0.15) is 0 Å². The lowest BCUT2D eigenvalue weighted by Gasteiger charge is -2.34. The first kappa shape index (κ1) is 17.0. The maximum Gasteiger partial charge on any atom is 0.282 e. The van der Waals surface area contributed by atoms with Crippen LogP contribution in [0.5, 0.6) is 0 Å². The predicted octanol–water partition coefficient (Wildman–Crippen LogP) is 2.69. The largest absolute Gasteiger partial charge is 0.336 e. The highest BCUT2D eigenvalue weighted by Crippen LogP contribution is 2.21. The summed E-state index contributed by atoms with van der Waals surface area (Å²) in [6.07, 6.45) is 0. The lowest BCUT2D eigenvalue weighted by molar-refractivity contribution is -0.385. The highest BCUT2D eigenvalue weighted by Gasteiger charge is 2.27. The first-order valence-corrected chi connectivity index (χ1v) is 8.04. The van der Waals surface area contributed by atoms with Crippen LogP contribution < -0.4 is 0 Å². The second-order valence-electron chi connectivity index (χ2n) is 5.93. The predicted molar refractivity (Wildman–Crippen MR) is 90.7 cm³/mol. The fourth-order valence-corrected chi connectivity index (χ4v) is 2.96. The summed E-state index contributed by atoms with van der Waals surface area (Å²) in [6, 6.07) is 12.6. The fraction of sp³-hybridized carbons (Fsp3) is 0.278. The van der Waals surface area contributed by atoms with Crippen LogP contribution in [-0.4, -0.2) is 46.8 Å². The average Bonchev–Trinajstić information content (AvgIpc) is 2.63. The molecule has 0 N–H and O–H groups in total. The third kappa shape index (κ3) is 3.83. The molecule has 0 bridgehead atoms. The SMILES string of the molecule is O=C(c1ccccc1[N+](=O)[O-])N1CCN(Cc2ccccc2F)CC1. The van der Waals surface area contributed by atoms with Gasteiger partial charge in [-0.3, -0.25) is 19.8 Å². The van der Waals surface area contributed by atoms with Crippen molar-refractivity contribution >= 4 is 11.6 Å². The normalized spacial score (nSPS) is 15.2. The van der Waals surface area contributed by atoms with E-state index >= 15 is 0 Å². The molecular formula is C18H18FN3O3. The van der Waals surface area contributed by atoms with Gasteiger partial charge in [0.15, 0.2) is 0 Å². The summed E-state index contributed by atoms with van der Waals surface area (Å²) in [5, 5.41) is 11.1. The molecule has 2 aromatic rings. The summed E-state index contributed by atoms with van der Waals surface area (Å²) in [7, 11) is 0. The van der Waals surface area contributed by atoms with Crippen LogP contribution in [0.1, 0.15) is 15.9 Å². The summed E-state index contributed by atoms with van der Waals surface area (Å²) < 4.78 is 13.7. The van der Waals surface area contributed by atoms with Crippen molar-refractivity contribution in [2.45, 2.75) is 6.54 Å². The molecule has 1 saturated heterocycles. The molecule has 1 amide bonds. The van der Waals surface area contributed by atoms with Gasteiger partial charge in [0, 0.05) is 44.4 Å². The zero-order valence-corrected chi connectivity index (χ0v) is 13.6. The molecule has 1 fully saturated rings. The fourth-order valence-electron chi connectivity index (χ4n) is 2.96. The van der Waals surface area contributed by atoms with E-state index in [0.717, 1.165) is 0 Å². The van der Waals surface area contributed by atoms with Crippen LogP contribution in [0.15, 0.2) is 48.5 Å². The summed E-state index contributed by atoms with van der Waals surface area (Å²) in [4.78, 5) is 26.8. The Morgan fingerprint density at radius 3 is 2.36 bits per heavy atom. The third-order valence-corrected chi connectivity index (χ3v) is 4.34. The van der Waals surface area contributed by atoms with Gasteiger partial charge in [-0.25, -0.2) is 4.39 Å². The van der Waals surface area contributed by atoms with Crippen LogP contribution in [0.3, 0.4) is 0 Å². The van der Waals surface area contributed by atoms with Crippen LogP contribution >= 0.6 is 0 Å². The minimum absolute atomic E-state index is 0.107. The van der Waals surface area contributed by atoms with Crippen LogP contribution in [0, 0.1) is 15.9 Å². The summed E-state index contributed by atoms with van der Waals surface area (Å²) in [6.45, 7) is 2.60. The zero-order chi connectivity index (χ0) is 17.8. The average molecular weight is 343 g/mol. The topological polar surface area (TPSA) is 66.7 Å². The number of halogens is 1. The van der Waals surface area contributed by atoms with E-state index in [1.165, 1.54) is 18.2 Å². The summed E-state index contributed by atoms with van der Waals surface area (Å²) in [5.41, 5.74) is 0.553. The molecule has 7 heteroatoms. The maximum atomic E-state index is 13.7. The number of para-hydroxylation sites is 1. The highest BCUT2D eigenvalue weighted by molar-refractivity contribution is 5.98. The Kier molecular flexibility index (Phi) is 5.04. The molecule has 6 nitrogen and oxygen atoms in total. The minimum atomic E-state index is -0.540. The summed E-state index contributed by atoms with van der Waals surface area (Å²) >= 11 is 0. The lowest BCUT2D eigenvalue weighted by atomic mass is 10.1. The van der Waals surface area contributed by atoms with Gasteiger partial charge in [0.1, 0.15) is 11.4 Å². The van der Waals surface area contributed by atoms with Gasteiger partial charge in [0.05, 0.1) is 4.92 Å². The molecular weight excluding hydrogens is 325 g/mol. The first-order chi connectivity index (χ1) is 12.1. The van der Waals surface area contributed by atoms with Crippen molar-refractivity contribution in [3.63, 3.8) is 0 Å². The molecule has 0 radical (unpaired) electrons. The van der Waals surface area contributed by atoms with E-state index in [1.807, 2.05) is 0 Å². The van der Waals surface area contributed by atoms with Crippen molar-refractivity contribution in [1.29, 1.82) is 0 Å². The van der Waals surface area contributed by atoms with E-state index in [0.29, 0.717) is 38.3 Å². The van der Waals surface area contributed by atoms with E-state index in [-0.39, 0.29) is 23.0 Å². The van der Waals surface area contributed by atoms with Gasteiger partial charge >= 0.3 is 0 Å². The van der Waals surface area contributed by atoms with Gasteiger partial charge in [-0.05, 0) is 12.1 Å². The van der Waals surface area contributed by atoms with Crippen molar-refractivity contribution < 1.29 is 14.1 Å². The Hall–Kier alpha value is -2.80. The molecule has 0 unspecified atom stereocenters. The molecule has 0 atom stereocenters. The van der Waals surface area contributed by atoms with Gasteiger partial charge in [-0.1, -0.05) is 30.3 Å². The van der Waals surface area contributed by atoms with E-state index in [9.17, 15) is 19.3 Å². The standard InChI is InChI=1S/C18H18FN3O3/c19-16-7-3-1-5-14(16)13-20-9-11-21(12-10-20)18(23)15-6-2-4-8-17(15)22(24)25/h1-8H,9-13H2. The number of nitrogens with zero attached hydrogens (tertiary/aromatic N) is 3. The Bertz CT molecular complexity index is 789. The van der Waals surface area contributed by atoms with Gasteiger partial charge in [0.2, 0.25) is 0 Å². The Morgan fingerprint density at radius 1 is 1.04 bits per heavy atom. The molecule has 0 spiro atoms. The van der Waals surface area contributed by atoms with Crippen molar-refractivity contribution in [3.8, 4) is 0 Å². The molecule has 3 rings (SSSR count). The van der Waals surface area contributed by atoms with E-state index in [1.54, 1.807) is 35.2 Å². The Labute approximate surface area is 144 Å². The number of nitro groups is 1. The van der Waals surface area contributed by atoms with Gasteiger partial charge in [0.25, 0.3) is 11.6 Å². The monoisotopic (exact) mass is 343 g/mol. The molecule has 25 heavy (non-hydrogen) atoms. The molecule has 1 heterocycles. The minimum Gasteiger partial charge on any atom is -0.336 e. The number of benzene rings is 2. The lowest BCUT2D eigenvalue weighted by Crippen LogP contribution is -2.48. The van der Waals surface area contributed by atoms with E-state index in [2.05, 4.69) is 4.90 Å². The number of hydrogen-bond donors (Lipinski definition) is 0. The Morgan fingerprint density at radius 2 is 1.68 bits per heavy atom. The van der Waals surface area contributed by atoms with Crippen molar-refractivity contribution in [1.82, 2.24) is 9.80 Å². The molecule has 130 valence electrons. The molecule has 0 aliphatic carbocycles. The Balaban J connectivity index is 1.64. The highest BCUT2D eigenvalue weighted by atomic mass is 19.1. The summed E-state index contributed by atoms with van der Waals surface area (Å²) in [5.74, 6) is -0.571. The quantitative estimate of drug-likeness (QED) is 0.632. The van der Waals surface area contributed by atoms with Crippen LogP contribution in [0.25, 0.3) is 0 Å². The molecule has 1 aliphatic heterocycles. The number of hydrogen-bond acceptors (Lipinski definition) is 4. The number of rotatable bonds is 4. The van der Waals surface area contributed by atoms with Gasteiger partial charge in [-0.15, -0.1) is 0 Å². The molecule has 0 aromatic heterocycles. The van der Waals surface area contributed by atoms with Crippen molar-refractivity contribution in [3.05, 3.63) is 75.6 Å². The number of carbonyl (C=O) groups excluding carboxylic acids is 1. The van der Waals surface area contributed by atoms with E-state index < -0.39 is 4.92 Å². The number of amides is 1. The first-order valence-electron chi connectivity index (χ1n) is 8.04. The molecule has 2 aromatic carbocycles. The molecule has 0 saturated carbocycles. The van der Waals surface area contributed by atoms with E-state index in [4.69, 9.17) is 0 Å². The van der Waals surface area contributed by atoms with Crippen LogP contribution in [0.4, 0.5) is 10.1 Å². The maximum absolute atomic E-state index is 13.7. The van der Waals surface area contributed by atoms with Crippen LogP contribution in [0.2, 0.25) is 0 Å².